The van der Waals surface area contributed by atoms with Crippen LogP contribution < -0.4 is 15.1 Å². The number of nitrogens with one attached hydrogen (secondary N) is 1. The SMILES string of the molecule is CCc1nsc(N2CCN(C(=NC)NCc3cccc(N4CC=CC4)c3)CC2)n1.I. The molecular formula is C21H30IN7S. The molecule has 1 N–H and O–H groups in total. The molecule has 0 amide bonds. The number of aromatic nitrogens is 2. The summed E-state index contributed by atoms with van der Waals surface area (Å²) in [7, 11) is 1.86. The second-order valence-electron chi connectivity index (χ2n) is 7.27. The molecule has 9 heteroatoms. The number of benzene rings is 1. The van der Waals surface area contributed by atoms with Gasteiger partial charge in [0.25, 0.3) is 0 Å². The summed E-state index contributed by atoms with van der Waals surface area (Å²) >= 11 is 1.51. The van der Waals surface area contributed by atoms with Gasteiger partial charge in [-0.25, -0.2) is 4.98 Å². The van der Waals surface area contributed by atoms with E-state index in [2.05, 4.69) is 77.7 Å². The van der Waals surface area contributed by atoms with Crippen LogP contribution in [0.5, 0.6) is 0 Å². The first-order valence-electron chi connectivity index (χ1n) is 10.3. The van der Waals surface area contributed by atoms with E-state index in [0.717, 1.165) is 69.1 Å². The number of nitrogens with zero attached hydrogens (tertiary/aromatic N) is 6. The Morgan fingerprint density at radius 2 is 1.90 bits per heavy atom. The normalized spacial score (nSPS) is 16.7. The number of halogens is 1. The van der Waals surface area contributed by atoms with Crippen molar-refractivity contribution in [2.24, 2.45) is 4.99 Å². The Morgan fingerprint density at radius 1 is 1.13 bits per heavy atom. The molecule has 1 aromatic carbocycles. The van der Waals surface area contributed by atoms with Crippen LogP contribution in [0.1, 0.15) is 18.3 Å². The van der Waals surface area contributed by atoms with Crippen LogP contribution in [0, 0.1) is 0 Å². The molecule has 3 heterocycles. The third kappa shape index (κ3) is 5.42. The van der Waals surface area contributed by atoms with Crippen LogP contribution in [0.4, 0.5) is 10.8 Å². The molecule has 0 radical (unpaired) electrons. The summed E-state index contributed by atoms with van der Waals surface area (Å²) in [6, 6.07) is 8.76. The number of rotatable bonds is 5. The standard InChI is InChI=1S/C21H29N7S.HI/c1-3-19-24-21(29-25-19)28-13-11-27(12-14-28)20(22-2)23-16-17-7-6-8-18(15-17)26-9-4-5-10-26;/h4-8,15H,3,9-14,16H2,1-2H3,(H,22,23);1H. The Labute approximate surface area is 200 Å². The van der Waals surface area contributed by atoms with Gasteiger partial charge in [-0.2, -0.15) is 4.37 Å². The summed E-state index contributed by atoms with van der Waals surface area (Å²) in [5.74, 6) is 1.90. The number of hydrogen-bond acceptors (Lipinski definition) is 6. The number of hydrogen-bond donors (Lipinski definition) is 1. The van der Waals surface area contributed by atoms with Crippen molar-refractivity contribution in [1.29, 1.82) is 0 Å². The van der Waals surface area contributed by atoms with E-state index >= 15 is 0 Å². The van der Waals surface area contributed by atoms with Gasteiger partial charge in [0.1, 0.15) is 5.82 Å². The van der Waals surface area contributed by atoms with E-state index in [0.29, 0.717) is 0 Å². The van der Waals surface area contributed by atoms with Crippen molar-refractivity contribution in [3.63, 3.8) is 0 Å². The van der Waals surface area contributed by atoms with Gasteiger partial charge in [-0.1, -0.05) is 31.2 Å². The van der Waals surface area contributed by atoms with Crippen LogP contribution in [0.2, 0.25) is 0 Å². The number of guanidine groups is 1. The average Bonchev–Trinajstić information content (AvgIpc) is 3.47. The van der Waals surface area contributed by atoms with E-state index in [1.54, 1.807) is 0 Å². The predicted molar refractivity (Wildman–Crippen MR) is 136 cm³/mol. The molecule has 0 bridgehead atoms. The van der Waals surface area contributed by atoms with Crippen LogP contribution >= 0.6 is 35.5 Å². The second-order valence-corrected chi connectivity index (χ2v) is 8.00. The van der Waals surface area contributed by atoms with Gasteiger partial charge >= 0.3 is 0 Å². The molecule has 7 nitrogen and oxygen atoms in total. The summed E-state index contributed by atoms with van der Waals surface area (Å²) in [6.45, 7) is 8.61. The summed E-state index contributed by atoms with van der Waals surface area (Å²) in [5, 5.41) is 4.58. The van der Waals surface area contributed by atoms with Gasteiger partial charge in [0.2, 0.25) is 5.13 Å². The predicted octanol–water partition coefficient (Wildman–Crippen LogP) is 2.99. The minimum Gasteiger partial charge on any atom is -0.364 e. The maximum absolute atomic E-state index is 4.62. The molecule has 0 spiro atoms. The Bertz CT molecular complexity index is 866. The van der Waals surface area contributed by atoms with Crippen molar-refractivity contribution in [2.45, 2.75) is 19.9 Å². The maximum Gasteiger partial charge on any atom is 0.205 e. The van der Waals surface area contributed by atoms with E-state index in [4.69, 9.17) is 0 Å². The fourth-order valence-electron chi connectivity index (χ4n) is 3.69. The lowest BCUT2D eigenvalue weighted by molar-refractivity contribution is 0.372. The summed E-state index contributed by atoms with van der Waals surface area (Å²) < 4.78 is 4.41. The monoisotopic (exact) mass is 539 g/mol. The molecule has 1 saturated heterocycles. The molecule has 2 aliphatic heterocycles. The molecule has 0 unspecified atom stereocenters. The lowest BCUT2D eigenvalue weighted by atomic mass is 10.2. The van der Waals surface area contributed by atoms with Gasteiger partial charge in [0.15, 0.2) is 5.96 Å². The average molecular weight is 539 g/mol. The van der Waals surface area contributed by atoms with E-state index in [1.807, 2.05) is 7.05 Å². The molecule has 30 heavy (non-hydrogen) atoms. The molecule has 0 saturated carbocycles. The number of anilines is 2. The molecule has 4 rings (SSSR count). The molecule has 0 atom stereocenters. The number of aryl methyl sites for hydroxylation is 1. The third-order valence-corrected chi connectivity index (χ3v) is 6.19. The molecule has 2 aliphatic rings. The zero-order valence-electron chi connectivity index (χ0n) is 17.6. The van der Waals surface area contributed by atoms with Crippen molar-refractivity contribution < 1.29 is 0 Å². The zero-order chi connectivity index (χ0) is 20.1. The van der Waals surface area contributed by atoms with E-state index in [9.17, 15) is 0 Å². The highest BCUT2D eigenvalue weighted by molar-refractivity contribution is 14.0. The highest BCUT2D eigenvalue weighted by atomic mass is 127. The molecular weight excluding hydrogens is 509 g/mol. The Morgan fingerprint density at radius 3 is 2.57 bits per heavy atom. The lowest BCUT2D eigenvalue weighted by Gasteiger charge is -2.36. The van der Waals surface area contributed by atoms with Gasteiger partial charge in [-0.05, 0) is 17.7 Å². The van der Waals surface area contributed by atoms with E-state index in [1.165, 1.54) is 22.8 Å². The van der Waals surface area contributed by atoms with E-state index < -0.39 is 0 Å². The molecule has 1 aromatic heterocycles. The fraction of sp³-hybridized carbons (Fsp3) is 0.476. The van der Waals surface area contributed by atoms with Crippen LogP contribution in [-0.2, 0) is 13.0 Å². The molecule has 162 valence electrons. The van der Waals surface area contributed by atoms with Crippen molar-refractivity contribution >= 4 is 52.3 Å². The molecule has 0 aliphatic carbocycles. The minimum atomic E-state index is 0. The highest BCUT2D eigenvalue weighted by Crippen LogP contribution is 2.20. The first-order valence-corrected chi connectivity index (χ1v) is 11.1. The first kappa shape index (κ1) is 22.8. The van der Waals surface area contributed by atoms with Crippen molar-refractivity contribution in [1.82, 2.24) is 19.6 Å². The van der Waals surface area contributed by atoms with Crippen LogP contribution in [0.15, 0.2) is 41.4 Å². The Hall–Kier alpha value is -1.88. The minimum absolute atomic E-state index is 0. The van der Waals surface area contributed by atoms with Crippen molar-refractivity contribution in [2.75, 3.05) is 56.1 Å². The highest BCUT2D eigenvalue weighted by Gasteiger charge is 2.22. The second kappa shape index (κ2) is 10.9. The lowest BCUT2D eigenvalue weighted by Crippen LogP contribution is -2.52. The summed E-state index contributed by atoms with van der Waals surface area (Å²) in [4.78, 5) is 16.2. The Kier molecular flexibility index (Phi) is 8.32. The van der Waals surface area contributed by atoms with E-state index in [-0.39, 0.29) is 24.0 Å². The molecule has 1 fully saturated rings. The largest absolute Gasteiger partial charge is 0.364 e. The quantitative estimate of drug-likeness (QED) is 0.273. The van der Waals surface area contributed by atoms with Gasteiger partial charge < -0.3 is 20.0 Å². The van der Waals surface area contributed by atoms with Crippen LogP contribution in [-0.4, -0.2) is 66.5 Å². The summed E-state index contributed by atoms with van der Waals surface area (Å²) in [6.07, 6.45) is 5.33. The smallest absolute Gasteiger partial charge is 0.205 e. The van der Waals surface area contributed by atoms with Crippen molar-refractivity contribution in [3.8, 4) is 0 Å². The van der Waals surface area contributed by atoms with Gasteiger partial charge in [-0.15, -0.1) is 24.0 Å². The number of piperazine rings is 1. The topological polar surface area (TPSA) is 59.9 Å². The van der Waals surface area contributed by atoms with Crippen LogP contribution in [0.25, 0.3) is 0 Å². The fourth-order valence-corrected chi connectivity index (χ4v) is 4.49. The molecule has 2 aromatic rings. The maximum atomic E-state index is 4.62. The van der Waals surface area contributed by atoms with Gasteiger partial charge in [0.05, 0.1) is 0 Å². The summed E-state index contributed by atoms with van der Waals surface area (Å²) in [5.41, 5.74) is 2.55. The van der Waals surface area contributed by atoms with Gasteiger partial charge in [0, 0.05) is 76.5 Å². The Balaban J connectivity index is 0.00000256. The first-order chi connectivity index (χ1) is 14.3. The number of aliphatic imine (C=N–C) groups is 1. The van der Waals surface area contributed by atoms with Gasteiger partial charge in [-0.3, -0.25) is 4.99 Å². The van der Waals surface area contributed by atoms with Crippen LogP contribution in [0.3, 0.4) is 0 Å². The zero-order valence-corrected chi connectivity index (χ0v) is 20.8. The van der Waals surface area contributed by atoms with Crippen molar-refractivity contribution in [3.05, 3.63) is 47.8 Å². The third-order valence-electron chi connectivity index (χ3n) is 5.38.